The normalized spacial score (nSPS) is 11.3. The topological polar surface area (TPSA) is 50.0 Å². The number of rotatable bonds is 4. The predicted molar refractivity (Wildman–Crippen MR) is 93.3 cm³/mol. The van der Waals surface area contributed by atoms with Gasteiger partial charge in [0.2, 0.25) is 0 Å². The zero-order chi connectivity index (χ0) is 15.9. The van der Waals surface area contributed by atoms with Gasteiger partial charge in [0, 0.05) is 6.20 Å². The van der Waals surface area contributed by atoms with Gasteiger partial charge in [-0.15, -0.1) is 0 Å². The minimum Gasteiger partial charge on any atom is -0.255 e. The highest BCUT2D eigenvalue weighted by Crippen LogP contribution is 2.21. The molecule has 0 saturated carbocycles. The third-order valence-electron chi connectivity index (χ3n) is 3.20. The second-order valence-electron chi connectivity index (χ2n) is 5.06. The SMILES string of the molecule is Cc1ccc(N=Nc2ccc(N=Cc3ccccn3)cc2)cc1. The average molecular weight is 300 g/mol. The minimum absolute atomic E-state index is 0.794. The van der Waals surface area contributed by atoms with Crippen LogP contribution >= 0.6 is 0 Å². The van der Waals surface area contributed by atoms with Crippen LogP contribution in [0.5, 0.6) is 0 Å². The Morgan fingerprint density at radius 1 is 0.739 bits per heavy atom. The van der Waals surface area contributed by atoms with Gasteiger partial charge in [0.1, 0.15) is 0 Å². The monoisotopic (exact) mass is 300 g/mol. The fraction of sp³-hybridized carbons (Fsp3) is 0.0526. The Labute approximate surface area is 135 Å². The first kappa shape index (κ1) is 14.8. The molecule has 0 radical (unpaired) electrons. The molecule has 0 aliphatic heterocycles. The third kappa shape index (κ3) is 4.41. The molecule has 0 atom stereocenters. The van der Waals surface area contributed by atoms with Crippen LogP contribution in [0.1, 0.15) is 11.3 Å². The Balaban J connectivity index is 1.67. The van der Waals surface area contributed by atoms with Crippen molar-refractivity contribution in [3.05, 3.63) is 84.2 Å². The van der Waals surface area contributed by atoms with Crippen molar-refractivity contribution in [1.82, 2.24) is 4.98 Å². The van der Waals surface area contributed by atoms with Crippen LogP contribution in [0.15, 0.2) is 88.1 Å². The molecule has 0 saturated heterocycles. The number of nitrogens with zero attached hydrogens (tertiary/aromatic N) is 4. The largest absolute Gasteiger partial charge is 0.255 e. The van der Waals surface area contributed by atoms with Crippen LogP contribution < -0.4 is 0 Å². The zero-order valence-corrected chi connectivity index (χ0v) is 12.8. The number of benzene rings is 2. The van der Waals surface area contributed by atoms with E-state index < -0.39 is 0 Å². The van der Waals surface area contributed by atoms with E-state index in [4.69, 9.17) is 0 Å². The van der Waals surface area contributed by atoms with E-state index in [1.165, 1.54) is 5.56 Å². The highest BCUT2D eigenvalue weighted by Gasteiger charge is 1.93. The van der Waals surface area contributed by atoms with Crippen molar-refractivity contribution in [3.8, 4) is 0 Å². The highest BCUT2D eigenvalue weighted by atomic mass is 15.1. The van der Waals surface area contributed by atoms with E-state index in [0.29, 0.717) is 0 Å². The molecule has 0 fully saturated rings. The van der Waals surface area contributed by atoms with Crippen LogP contribution in [0.3, 0.4) is 0 Å². The van der Waals surface area contributed by atoms with Crippen LogP contribution in [0.2, 0.25) is 0 Å². The number of azo groups is 1. The van der Waals surface area contributed by atoms with E-state index in [1.807, 2.05) is 73.7 Å². The standard InChI is InChI=1S/C19H16N4/c1-15-5-7-17(8-6-15)22-23-18-11-9-16(10-12-18)21-14-19-4-2-3-13-20-19/h2-14H,1H3. The van der Waals surface area contributed by atoms with Gasteiger partial charge in [0.05, 0.1) is 29.0 Å². The Bertz CT molecular complexity index is 804. The van der Waals surface area contributed by atoms with Crippen LogP contribution in [-0.2, 0) is 0 Å². The van der Waals surface area contributed by atoms with Crippen LogP contribution in [0.4, 0.5) is 17.1 Å². The van der Waals surface area contributed by atoms with Crippen molar-refractivity contribution in [3.63, 3.8) is 0 Å². The van der Waals surface area contributed by atoms with Gasteiger partial charge >= 0.3 is 0 Å². The number of hydrogen-bond acceptors (Lipinski definition) is 4. The molecule has 0 amide bonds. The highest BCUT2D eigenvalue weighted by molar-refractivity contribution is 5.79. The van der Waals surface area contributed by atoms with E-state index in [9.17, 15) is 0 Å². The molecule has 3 rings (SSSR count). The van der Waals surface area contributed by atoms with Crippen molar-refractivity contribution in [2.45, 2.75) is 6.92 Å². The van der Waals surface area contributed by atoms with Gasteiger partial charge in [0.15, 0.2) is 0 Å². The Hall–Kier alpha value is -3.14. The molecule has 112 valence electrons. The molecule has 0 aliphatic carbocycles. The lowest BCUT2D eigenvalue weighted by Crippen LogP contribution is -1.83. The third-order valence-corrected chi connectivity index (χ3v) is 3.20. The summed E-state index contributed by atoms with van der Waals surface area (Å²) in [5.41, 5.74) is 4.52. The van der Waals surface area contributed by atoms with Gasteiger partial charge in [-0.25, -0.2) is 0 Å². The summed E-state index contributed by atoms with van der Waals surface area (Å²) in [5.74, 6) is 0. The van der Waals surface area contributed by atoms with Gasteiger partial charge < -0.3 is 0 Å². The lowest BCUT2D eigenvalue weighted by atomic mass is 10.2. The summed E-state index contributed by atoms with van der Waals surface area (Å²) >= 11 is 0. The molecule has 2 aromatic carbocycles. The summed E-state index contributed by atoms with van der Waals surface area (Å²) in [7, 11) is 0. The van der Waals surface area contributed by atoms with Crippen LogP contribution in [0.25, 0.3) is 0 Å². The number of aryl methyl sites for hydroxylation is 1. The second kappa shape index (κ2) is 7.22. The molecule has 1 heterocycles. The first-order valence-corrected chi connectivity index (χ1v) is 7.33. The average Bonchev–Trinajstić information content (AvgIpc) is 2.61. The molecular formula is C19H16N4. The summed E-state index contributed by atoms with van der Waals surface area (Å²) in [6, 6.07) is 21.3. The van der Waals surface area contributed by atoms with Crippen molar-refractivity contribution < 1.29 is 0 Å². The van der Waals surface area contributed by atoms with Gasteiger partial charge in [-0.1, -0.05) is 23.8 Å². The molecule has 4 nitrogen and oxygen atoms in total. The van der Waals surface area contributed by atoms with Crippen LogP contribution in [0, 0.1) is 6.92 Å². The second-order valence-corrected chi connectivity index (χ2v) is 5.06. The zero-order valence-electron chi connectivity index (χ0n) is 12.8. The number of hydrogen-bond donors (Lipinski definition) is 0. The summed E-state index contributed by atoms with van der Waals surface area (Å²) in [5, 5.41) is 8.44. The maximum atomic E-state index is 4.39. The van der Waals surface area contributed by atoms with Gasteiger partial charge in [0.25, 0.3) is 0 Å². The molecule has 3 aromatic rings. The van der Waals surface area contributed by atoms with Gasteiger partial charge in [-0.3, -0.25) is 9.98 Å². The maximum Gasteiger partial charge on any atom is 0.0858 e. The fourth-order valence-corrected chi connectivity index (χ4v) is 1.93. The van der Waals surface area contributed by atoms with E-state index in [-0.39, 0.29) is 0 Å². The summed E-state index contributed by atoms with van der Waals surface area (Å²) < 4.78 is 0. The first-order chi connectivity index (χ1) is 11.3. The molecule has 0 spiro atoms. The summed E-state index contributed by atoms with van der Waals surface area (Å²) in [6.07, 6.45) is 3.48. The molecule has 1 aromatic heterocycles. The van der Waals surface area contributed by atoms with Crippen molar-refractivity contribution in [2.75, 3.05) is 0 Å². The summed E-state index contributed by atoms with van der Waals surface area (Å²) in [6.45, 7) is 2.05. The Kier molecular flexibility index (Phi) is 4.64. The molecule has 23 heavy (non-hydrogen) atoms. The van der Waals surface area contributed by atoms with Gasteiger partial charge in [-0.2, -0.15) is 10.2 Å². The smallest absolute Gasteiger partial charge is 0.0858 e. The number of aromatic nitrogens is 1. The van der Waals surface area contributed by atoms with Crippen molar-refractivity contribution >= 4 is 23.3 Å². The molecular weight excluding hydrogens is 284 g/mol. The fourth-order valence-electron chi connectivity index (χ4n) is 1.93. The molecule has 0 aliphatic rings. The van der Waals surface area contributed by atoms with Crippen molar-refractivity contribution in [1.29, 1.82) is 0 Å². The van der Waals surface area contributed by atoms with E-state index in [0.717, 1.165) is 22.8 Å². The Morgan fingerprint density at radius 2 is 1.35 bits per heavy atom. The predicted octanol–water partition coefficient (Wildman–Crippen LogP) is 5.56. The Morgan fingerprint density at radius 3 is 1.96 bits per heavy atom. The number of aliphatic imine (C=N–C) groups is 1. The lowest BCUT2D eigenvalue weighted by Gasteiger charge is -1.96. The lowest BCUT2D eigenvalue weighted by molar-refractivity contribution is 1.23. The van der Waals surface area contributed by atoms with Crippen LogP contribution in [-0.4, -0.2) is 11.2 Å². The molecule has 0 N–H and O–H groups in total. The quantitative estimate of drug-likeness (QED) is 0.460. The van der Waals surface area contributed by atoms with E-state index in [2.05, 4.69) is 20.2 Å². The van der Waals surface area contributed by atoms with Crippen molar-refractivity contribution in [2.24, 2.45) is 15.2 Å². The molecule has 0 bridgehead atoms. The number of pyridine rings is 1. The minimum atomic E-state index is 0.794. The van der Waals surface area contributed by atoms with E-state index >= 15 is 0 Å². The maximum absolute atomic E-state index is 4.39. The van der Waals surface area contributed by atoms with E-state index in [1.54, 1.807) is 12.4 Å². The first-order valence-electron chi connectivity index (χ1n) is 7.33. The summed E-state index contributed by atoms with van der Waals surface area (Å²) in [4.78, 5) is 8.58. The molecule has 0 unspecified atom stereocenters. The molecule has 4 heteroatoms. The van der Waals surface area contributed by atoms with Gasteiger partial charge in [-0.05, 0) is 55.5 Å².